The maximum absolute atomic E-state index is 12.2. The maximum atomic E-state index is 12.2. The average Bonchev–Trinajstić information content (AvgIpc) is 2.53. The summed E-state index contributed by atoms with van der Waals surface area (Å²) in [7, 11) is 0. The first-order valence-corrected chi connectivity index (χ1v) is 8.70. The summed E-state index contributed by atoms with van der Waals surface area (Å²) in [6.07, 6.45) is 0. The first-order valence-electron chi connectivity index (χ1n) is 7.91. The quantitative estimate of drug-likeness (QED) is 0.665. The molecule has 0 amide bonds. The van der Waals surface area contributed by atoms with Gasteiger partial charge in [0.2, 0.25) is 0 Å². The van der Waals surface area contributed by atoms with Gasteiger partial charge < -0.3 is 9.15 Å². The number of benzene rings is 2. The van der Waals surface area contributed by atoms with Gasteiger partial charge in [-0.05, 0) is 65.5 Å². The third-order valence-corrected chi connectivity index (χ3v) is 4.67. The van der Waals surface area contributed by atoms with Crippen LogP contribution in [0.1, 0.15) is 16.7 Å². The number of ether oxygens (including phenoxy) is 1. The lowest BCUT2D eigenvalue weighted by molar-refractivity contribution is 0.284. The number of hydrogen-bond donors (Lipinski definition) is 0. The van der Waals surface area contributed by atoms with E-state index in [1.807, 2.05) is 45.0 Å². The topological polar surface area (TPSA) is 61.4 Å². The number of fused-ring (bicyclic) bond motifs is 1. The Morgan fingerprint density at radius 3 is 2.48 bits per heavy atom. The number of rotatable bonds is 4. The predicted octanol–water partition coefficient (Wildman–Crippen LogP) is 3.72. The van der Waals surface area contributed by atoms with Gasteiger partial charge in [-0.25, -0.2) is 9.59 Å². The fourth-order valence-electron chi connectivity index (χ4n) is 2.91. The zero-order valence-corrected chi connectivity index (χ0v) is 15.8. The van der Waals surface area contributed by atoms with Crippen LogP contribution >= 0.6 is 15.9 Å². The van der Waals surface area contributed by atoms with Crippen molar-refractivity contribution in [3.05, 3.63) is 72.5 Å². The second-order valence-electron chi connectivity index (χ2n) is 6.02. The molecule has 0 aliphatic heterocycles. The molecule has 0 N–H and O–H groups in total. The summed E-state index contributed by atoms with van der Waals surface area (Å²) in [5.74, 6) is 0.124. The van der Waals surface area contributed by atoms with E-state index in [1.165, 1.54) is 4.57 Å². The van der Waals surface area contributed by atoms with Crippen LogP contribution in [0.15, 0.2) is 48.8 Å². The van der Waals surface area contributed by atoms with Gasteiger partial charge >= 0.3 is 11.4 Å². The van der Waals surface area contributed by atoms with E-state index in [9.17, 15) is 9.59 Å². The van der Waals surface area contributed by atoms with Gasteiger partial charge in [0.1, 0.15) is 12.4 Å². The summed E-state index contributed by atoms with van der Waals surface area (Å²) in [4.78, 5) is 24.2. The molecule has 0 radical (unpaired) electrons. The summed E-state index contributed by atoms with van der Waals surface area (Å²) in [6, 6.07) is 9.51. The first kappa shape index (κ1) is 17.5. The first-order chi connectivity index (χ1) is 11.9. The third-order valence-electron chi connectivity index (χ3n) is 4.07. The monoisotopic (exact) mass is 403 g/mol. The second-order valence-corrected chi connectivity index (χ2v) is 6.87. The van der Waals surface area contributed by atoms with Crippen molar-refractivity contribution >= 4 is 26.8 Å². The minimum absolute atomic E-state index is 0.272. The zero-order valence-electron chi connectivity index (χ0n) is 14.3. The van der Waals surface area contributed by atoms with Crippen LogP contribution in [0, 0.1) is 20.8 Å². The largest absolute Gasteiger partial charge is 0.491 e. The Morgan fingerprint density at radius 1 is 1.12 bits per heavy atom. The molecule has 5 nitrogen and oxygen atoms in total. The van der Waals surface area contributed by atoms with E-state index in [2.05, 4.69) is 15.9 Å². The highest BCUT2D eigenvalue weighted by Crippen LogP contribution is 2.24. The minimum Gasteiger partial charge on any atom is -0.491 e. The molecule has 0 atom stereocenters. The van der Waals surface area contributed by atoms with E-state index in [1.54, 1.807) is 6.07 Å². The highest BCUT2D eigenvalue weighted by Gasteiger charge is 2.13. The number of nitrogens with zero attached hydrogens (tertiary/aromatic N) is 1. The lowest BCUT2D eigenvalue weighted by Crippen LogP contribution is -2.27. The standard InChI is InChI=1S/C19H18BrNO4/c1-11-9-14-16(15(20)10-11)21(19(23)25-18(14)22)7-8-24-17-12(2)5-4-6-13(17)3/h4-6,9-10H,7-8H2,1-3H3. The van der Waals surface area contributed by atoms with Crippen molar-refractivity contribution in [1.29, 1.82) is 0 Å². The summed E-state index contributed by atoms with van der Waals surface area (Å²) in [5, 5.41) is 0.374. The molecular formula is C19H18BrNO4. The van der Waals surface area contributed by atoms with E-state index >= 15 is 0 Å². The zero-order chi connectivity index (χ0) is 18.1. The number of aryl methyl sites for hydroxylation is 3. The molecule has 0 fully saturated rings. The van der Waals surface area contributed by atoms with E-state index in [0.717, 1.165) is 22.4 Å². The van der Waals surface area contributed by atoms with E-state index in [-0.39, 0.29) is 13.2 Å². The van der Waals surface area contributed by atoms with Gasteiger partial charge in [-0.1, -0.05) is 18.2 Å². The predicted molar refractivity (Wildman–Crippen MR) is 101 cm³/mol. The lowest BCUT2D eigenvalue weighted by atomic mass is 10.1. The number of para-hydroxylation sites is 1. The van der Waals surface area contributed by atoms with E-state index in [4.69, 9.17) is 9.15 Å². The maximum Gasteiger partial charge on any atom is 0.422 e. The van der Waals surface area contributed by atoms with Crippen molar-refractivity contribution in [1.82, 2.24) is 4.57 Å². The van der Waals surface area contributed by atoms with Gasteiger partial charge in [-0.3, -0.25) is 4.57 Å². The second kappa shape index (κ2) is 6.88. The van der Waals surface area contributed by atoms with Crippen LogP contribution in [0.2, 0.25) is 0 Å². The molecule has 25 heavy (non-hydrogen) atoms. The molecule has 6 heteroatoms. The minimum atomic E-state index is -0.688. The molecule has 1 heterocycles. The summed E-state index contributed by atoms with van der Waals surface area (Å²) in [5.41, 5.74) is 2.87. The van der Waals surface area contributed by atoms with Crippen molar-refractivity contribution in [3.63, 3.8) is 0 Å². The fraction of sp³-hybridized carbons (Fsp3) is 0.263. The van der Waals surface area contributed by atoms with Crippen LogP contribution in [0.5, 0.6) is 5.75 Å². The highest BCUT2D eigenvalue weighted by atomic mass is 79.9. The summed E-state index contributed by atoms with van der Waals surface area (Å²) in [6.45, 7) is 6.39. The highest BCUT2D eigenvalue weighted by molar-refractivity contribution is 9.10. The number of halogens is 1. The van der Waals surface area contributed by atoms with Gasteiger partial charge in [0.25, 0.3) is 0 Å². The molecule has 3 aromatic rings. The van der Waals surface area contributed by atoms with Crippen LogP contribution in [0.4, 0.5) is 0 Å². The van der Waals surface area contributed by atoms with Crippen molar-refractivity contribution in [3.8, 4) is 5.75 Å². The van der Waals surface area contributed by atoms with Gasteiger partial charge in [-0.15, -0.1) is 0 Å². The molecule has 2 aromatic carbocycles. The van der Waals surface area contributed by atoms with E-state index < -0.39 is 11.4 Å². The number of hydrogen-bond acceptors (Lipinski definition) is 4. The Kier molecular flexibility index (Phi) is 4.81. The average molecular weight is 404 g/mol. The molecule has 0 unspecified atom stereocenters. The molecule has 0 bridgehead atoms. The number of aromatic nitrogens is 1. The summed E-state index contributed by atoms with van der Waals surface area (Å²) >= 11 is 3.45. The Labute approximate surface area is 153 Å². The molecular weight excluding hydrogens is 386 g/mol. The fourth-order valence-corrected chi connectivity index (χ4v) is 3.70. The lowest BCUT2D eigenvalue weighted by Gasteiger charge is -2.14. The van der Waals surface area contributed by atoms with Crippen molar-refractivity contribution in [2.45, 2.75) is 27.3 Å². The van der Waals surface area contributed by atoms with Gasteiger partial charge in [0, 0.05) is 4.47 Å². The molecule has 0 aliphatic rings. The SMILES string of the molecule is Cc1cc(Br)c2c(c1)c(=O)oc(=O)n2CCOc1c(C)cccc1C. The van der Waals surface area contributed by atoms with Gasteiger partial charge in [-0.2, -0.15) is 0 Å². The van der Waals surface area contributed by atoms with E-state index in [0.29, 0.717) is 15.4 Å². The van der Waals surface area contributed by atoms with Crippen LogP contribution < -0.4 is 16.1 Å². The van der Waals surface area contributed by atoms with Crippen LogP contribution in [0.3, 0.4) is 0 Å². The molecule has 0 saturated carbocycles. The van der Waals surface area contributed by atoms with Gasteiger partial charge in [0.05, 0.1) is 17.4 Å². The van der Waals surface area contributed by atoms with Crippen molar-refractivity contribution < 1.29 is 9.15 Å². The van der Waals surface area contributed by atoms with Crippen LogP contribution in [-0.2, 0) is 6.54 Å². The van der Waals surface area contributed by atoms with Gasteiger partial charge in [0.15, 0.2) is 0 Å². The molecule has 0 aliphatic carbocycles. The Balaban J connectivity index is 1.97. The molecule has 1 aromatic heterocycles. The Hall–Kier alpha value is -2.34. The normalized spacial score (nSPS) is 11.0. The molecule has 130 valence electrons. The third kappa shape index (κ3) is 3.39. The molecule has 0 spiro atoms. The van der Waals surface area contributed by atoms with Crippen molar-refractivity contribution in [2.24, 2.45) is 0 Å². The molecule has 3 rings (SSSR count). The van der Waals surface area contributed by atoms with Crippen LogP contribution in [0.25, 0.3) is 10.9 Å². The molecule has 0 saturated heterocycles. The Morgan fingerprint density at radius 2 is 1.80 bits per heavy atom. The van der Waals surface area contributed by atoms with Crippen molar-refractivity contribution in [2.75, 3.05) is 6.61 Å². The van der Waals surface area contributed by atoms with Crippen LogP contribution in [-0.4, -0.2) is 11.2 Å². The summed E-state index contributed by atoms with van der Waals surface area (Å²) < 4.78 is 12.8. The Bertz CT molecular complexity index is 1050. The smallest absolute Gasteiger partial charge is 0.422 e.